The molecule has 4 nitrogen and oxygen atoms in total. The van der Waals surface area contributed by atoms with Gasteiger partial charge in [0.05, 0.1) is 12.3 Å². The summed E-state index contributed by atoms with van der Waals surface area (Å²) in [6, 6.07) is 7.97. The van der Waals surface area contributed by atoms with Gasteiger partial charge < -0.3 is 10.5 Å². The van der Waals surface area contributed by atoms with Crippen molar-refractivity contribution in [1.29, 1.82) is 0 Å². The van der Waals surface area contributed by atoms with Gasteiger partial charge in [0.15, 0.2) is 0 Å². The third-order valence-corrected chi connectivity index (χ3v) is 3.14. The SMILES string of the molecule is Cc1cccc(OCCc2cc(N)n(C)n2)c1C. The summed E-state index contributed by atoms with van der Waals surface area (Å²) in [5.41, 5.74) is 9.12. The van der Waals surface area contributed by atoms with Gasteiger partial charge in [-0.25, -0.2) is 0 Å². The number of nitrogen functional groups attached to an aromatic ring is 1. The minimum atomic E-state index is 0.612. The molecule has 2 rings (SSSR count). The van der Waals surface area contributed by atoms with Crippen molar-refractivity contribution in [3.05, 3.63) is 41.1 Å². The van der Waals surface area contributed by atoms with Crippen molar-refractivity contribution in [1.82, 2.24) is 9.78 Å². The van der Waals surface area contributed by atoms with Crippen LogP contribution in [-0.4, -0.2) is 16.4 Å². The molecular weight excluding hydrogens is 226 g/mol. The molecule has 2 aromatic rings. The fourth-order valence-electron chi connectivity index (χ4n) is 1.81. The maximum Gasteiger partial charge on any atom is 0.122 e. The zero-order valence-electron chi connectivity index (χ0n) is 11.1. The minimum Gasteiger partial charge on any atom is -0.493 e. The Balaban J connectivity index is 1.94. The maximum absolute atomic E-state index is 5.78. The Kier molecular flexibility index (Phi) is 3.55. The highest BCUT2D eigenvalue weighted by Crippen LogP contribution is 2.20. The summed E-state index contributed by atoms with van der Waals surface area (Å²) < 4.78 is 7.45. The van der Waals surface area contributed by atoms with Crippen LogP contribution < -0.4 is 10.5 Å². The Labute approximate surface area is 107 Å². The van der Waals surface area contributed by atoms with Crippen LogP contribution in [0.5, 0.6) is 5.75 Å². The Hall–Kier alpha value is -1.97. The number of ether oxygens (including phenoxy) is 1. The summed E-state index contributed by atoms with van der Waals surface area (Å²) >= 11 is 0. The standard InChI is InChI=1S/C14H19N3O/c1-10-5-4-6-13(11(10)2)18-8-7-12-9-14(15)17(3)16-12/h4-6,9H,7-8,15H2,1-3H3. The lowest BCUT2D eigenvalue weighted by atomic mass is 10.1. The monoisotopic (exact) mass is 245 g/mol. The molecule has 2 N–H and O–H groups in total. The number of rotatable bonds is 4. The van der Waals surface area contributed by atoms with E-state index in [1.54, 1.807) is 4.68 Å². The van der Waals surface area contributed by atoms with Gasteiger partial charge in [0, 0.05) is 19.5 Å². The molecule has 0 saturated heterocycles. The Morgan fingerprint density at radius 2 is 2.11 bits per heavy atom. The van der Waals surface area contributed by atoms with Crippen LogP contribution >= 0.6 is 0 Å². The minimum absolute atomic E-state index is 0.612. The van der Waals surface area contributed by atoms with Gasteiger partial charge in [0.1, 0.15) is 11.6 Å². The summed E-state index contributed by atoms with van der Waals surface area (Å²) in [6.45, 7) is 4.77. The molecule has 0 saturated carbocycles. The molecule has 0 spiro atoms. The summed E-state index contributed by atoms with van der Waals surface area (Å²) in [4.78, 5) is 0. The Morgan fingerprint density at radius 3 is 2.78 bits per heavy atom. The van der Waals surface area contributed by atoms with Gasteiger partial charge in [-0.15, -0.1) is 0 Å². The molecule has 4 heteroatoms. The topological polar surface area (TPSA) is 53.1 Å². The molecular formula is C14H19N3O. The molecule has 0 radical (unpaired) electrons. The van der Waals surface area contributed by atoms with E-state index in [1.165, 1.54) is 11.1 Å². The largest absolute Gasteiger partial charge is 0.493 e. The fraction of sp³-hybridized carbons (Fsp3) is 0.357. The van der Waals surface area contributed by atoms with Crippen LogP contribution in [0.1, 0.15) is 16.8 Å². The number of nitrogens with two attached hydrogens (primary N) is 1. The Bertz CT molecular complexity index is 526. The first-order chi connectivity index (χ1) is 8.58. The van der Waals surface area contributed by atoms with Crippen molar-refractivity contribution < 1.29 is 4.74 Å². The molecule has 0 amide bonds. The Morgan fingerprint density at radius 1 is 1.33 bits per heavy atom. The highest BCUT2D eigenvalue weighted by Gasteiger charge is 2.04. The first kappa shape index (κ1) is 12.5. The van der Waals surface area contributed by atoms with Crippen molar-refractivity contribution in [2.24, 2.45) is 7.05 Å². The molecule has 0 unspecified atom stereocenters. The summed E-state index contributed by atoms with van der Waals surface area (Å²) in [5, 5.41) is 4.29. The first-order valence-corrected chi connectivity index (χ1v) is 6.05. The predicted molar refractivity (Wildman–Crippen MR) is 72.7 cm³/mol. The second-order valence-corrected chi connectivity index (χ2v) is 4.48. The second kappa shape index (κ2) is 5.12. The van der Waals surface area contributed by atoms with Crippen LogP contribution in [0.2, 0.25) is 0 Å². The van der Waals surface area contributed by atoms with E-state index in [-0.39, 0.29) is 0 Å². The van der Waals surface area contributed by atoms with Gasteiger partial charge in [-0.1, -0.05) is 12.1 Å². The lowest BCUT2D eigenvalue weighted by Gasteiger charge is -2.09. The molecule has 18 heavy (non-hydrogen) atoms. The highest BCUT2D eigenvalue weighted by molar-refractivity contribution is 5.38. The van der Waals surface area contributed by atoms with Gasteiger partial charge in [0.2, 0.25) is 0 Å². The van der Waals surface area contributed by atoms with E-state index in [9.17, 15) is 0 Å². The summed E-state index contributed by atoms with van der Waals surface area (Å²) in [5.74, 6) is 1.62. The number of anilines is 1. The van der Waals surface area contributed by atoms with Crippen molar-refractivity contribution in [2.75, 3.05) is 12.3 Å². The summed E-state index contributed by atoms with van der Waals surface area (Å²) in [6.07, 6.45) is 0.762. The molecule has 0 bridgehead atoms. The summed E-state index contributed by atoms with van der Waals surface area (Å²) in [7, 11) is 1.84. The lowest BCUT2D eigenvalue weighted by molar-refractivity contribution is 0.318. The van der Waals surface area contributed by atoms with Crippen LogP contribution in [-0.2, 0) is 13.5 Å². The lowest BCUT2D eigenvalue weighted by Crippen LogP contribution is -2.04. The van der Waals surface area contributed by atoms with Gasteiger partial charge in [-0.05, 0) is 31.0 Å². The highest BCUT2D eigenvalue weighted by atomic mass is 16.5. The van der Waals surface area contributed by atoms with Crippen molar-refractivity contribution >= 4 is 5.82 Å². The second-order valence-electron chi connectivity index (χ2n) is 4.48. The van der Waals surface area contributed by atoms with E-state index in [1.807, 2.05) is 25.2 Å². The van der Waals surface area contributed by atoms with Crippen molar-refractivity contribution in [2.45, 2.75) is 20.3 Å². The average molecular weight is 245 g/mol. The molecule has 0 atom stereocenters. The number of benzene rings is 1. The van der Waals surface area contributed by atoms with Crippen molar-refractivity contribution in [3.63, 3.8) is 0 Å². The quantitative estimate of drug-likeness (QED) is 0.898. The molecule has 0 aliphatic carbocycles. The number of aryl methyl sites for hydroxylation is 2. The van der Waals surface area contributed by atoms with Crippen LogP contribution in [0.25, 0.3) is 0 Å². The number of hydrogen-bond donors (Lipinski definition) is 1. The molecule has 96 valence electrons. The third kappa shape index (κ3) is 2.64. The van der Waals surface area contributed by atoms with Crippen LogP contribution in [0.4, 0.5) is 5.82 Å². The smallest absolute Gasteiger partial charge is 0.122 e. The van der Waals surface area contributed by atoms with Gasteiger partial charge in [0.25, 0.3) is 0 Å². The zero-order chi connectivity index (χ0) is 13.1. The van der Waals surface area contributed by atoms with Crippen LogP contribution in [0, 0.1) is 13.8 Å². The number of nitrogens with zero attached hydrogens (tertiary/aromatic N) is 2. The molecule has 1 aromatic heterocycles. The number of aromatic nitrogens is 2. The molecule has 1 aromatic carbocycles. The maximum atomic E-state index is 5.78. The van der Waals surface area contributed by atoms with E-state index < -0.39 is 0 Å². The van der Waals surface area contributed by atoms with E-state index in [0.29, 0.717) is 12.4 Å². The van der Waals surface area contributed by atoms with E-state index >= 15 is 0 Å². The van der Waals surface area contributed by atoms with E-state index in [4.69, 9.17) is 10.5 Å². The van der Waals surface area contributed by atoms with Gasteiger partial charge in [-0.3, -0.25) is 4.68 Å². The molecule has 0 aliphatic rings. The van der Waals surface area contributed by atoms with Crippen LogP contribution in [0.3, 0.4) is 0 Å². The van der Waals surface area contributed by atoms with Gasteiger partial charge >= 0.3 is 0 Å². The average Bonchev–Trinajstić information content (AvgIpc) is 2.64. The predicted octanol–water partition coefficient (Wildman–Crippen LogP) is 2.24. The molecule has 1 heterocycles. The third-order valence-electron chi connectivity index (χ3n) is 3.14. The first-order valence-electron chi connectivity index (χ1n) is 6.05. The molecule has 0 fully saturated rings. The fourth-order valence-corrected chi connectivity index (χ4v) is 1.81. The van der Waals surface area contributed by atoms with Crippen molar-refractivity contribution in [3.8, 4) is 5.75 Å². The van der Waals surface area contributed by atoms with E-state index in [2.05, 4.69) is 25.0 Å². The zero-order valence-corrected chi connectivity index (χ0v) is 11.1. The normalized spacial score (nSPS) is 10.6. The number of hydrogen-bond acceptors (Lipinski definition) is 3. The molecule has 0 aliphatic heterocycles. The van der Waals surface area contributed by atoms with Crippen LogP contribution in [0.15, 0.2) is 24.3 Å². The van der Waals surface area contributed by atoms with Gasteiger partial charge in [-0.2, -0.15) is 5.10 Å². The van der Waals surface area contributed by atoms with E-state index in [0.717, 1.165) is 17.9 Å².